The van der Waals surface area contributed by atoms with Crippen LogP contribution < -0.4 is 5.32 Å². The topological polar surface area (TPSA) is 79.4 Å². The fourth-order valence-corrected chi connectivity index (χ4v) is 4.84. The van der Waals surface area contributed by atoms with Crippen LogP contribution in [-0.2, 0) is 14.8 Å². The number of carbonyl (C=O) groups is 1. The van der Waals surface area contributed by atoms with E-state index in [-0.39, 0.29) is 18.4 Å². The van der Waals surface area contributed by atoms with Crippen molar-refractivity contribution in [2.75, 3.05) is 24.7 Å². The molecular weight excluding hydrogens is 370 g/mol. The number of aromatic nitrogens is 1. The van der Waals surface area contributed by atoms with Gasteiger partial charge in [-0.25, -0.2) is 17.7 Å². The summed E-state index contributed by atoms with van der Waals surface area (Å²) in [5.41, 5.74) is 3.07. The number of nitrogens with one attached hydrogen (secondary N) is 1. The van der Waals surface area contributed by atoms with Gasteiger partial charge in [-0.3, -0.25) is 4.79 Å². The van der Waals surface area contributed by atoms with Crippen molar-refractivity contribution in [2.45, 2.75) is 26.7 Å². The number of benzene rings is 1. The largest absolute Gasteiger partial charge is 0.302 e. The van der Waals surface area contributed by atoms with E-state index in [0.717, 1.165) is 16.1 Å². The first kappa shape index (κ1) is 19.0. The molecule has 0 aliphatic carbocycles. The number of aryl methyl sites for hydroxylation is 2. The number of carbonyl (C=O) groups excluding carboxylic acids is 1. The van der Waals surface area contributed by atoms with Gasteiger partial charge in [0.1, 0.15) is 0 Å². The highest BCUT2D eigenvalue weighted by Gasteiger charge is 2.30. The fraction of sp³-hybridized carbons (Fsp3) is 0.444. The zero-order valence-corrected chi connectivity index (χ0v) is 16.8. The maximum absolute atomic E-state index is 12.6. The molecule has 1 aromatic heterocycles. The second-order valence-electron chi connectivity index (χ2n) is 6.74. The van der Waals surface area contributed by atoms with Gasteiger partial charge in [0.15, 0.2) is 5.13 Å². The van der Waals surface area contributed by atoms with Crippen LogP contribution >= 0.6 is 11.3 Å². The first-order valence-corrected chi connectivity index (χ1v) is 11.2. The average molecular weight is 394 g/mol. The van der Waals surface area contributed by atoms with E-state index in [0.29, 0.717) is 24.5 Å². The Hall–Kier alpha value is -1.77. The second-order valence-corrected chi connectivity index (χ2v) is 9.92. The molecule has 2 heterocycles. The highest BCUT2D eigenvalue weighted by molar-refractivity contribution is 7.88. The molecule has 6 nitrogen and oxygen atoms in total. The van der Waals surface area contributed by atoms with Crippen LogP contribution in [0.2, 0.25) is 0 Å². The van der Waals surface area contributed by atoms with Crippen LogP contribution in [0.5, 0.6) is 0 Å². The molecule has 8 heteroatoms. The lowest BCUT2D eigenvalue weighted by Gasteiger charge is -2.29. The number of anilines is 1. The first-order chi connectivity index (χ1) is 12.2. The summed E-state index contributed by atoms with van der Waals surface area (Å²) in [5, 5.41) is 3.43. The van der Waals surface area contributed by atoms with E-state index in [1.54, 1.807) is 0 Å². The van der Waals surface area contributed by atoms with E-state index >= 15 is 0 Å². The molecule has 1 aliphatic rings. The number of amides is 1. The van der Waals surface area contributed by atoms with Gasteiger partial charge in [-0.05, 0) is 26.7 Å². The molecule has 26 heavy (non-hydrogen) atoms. The normalized spacial score (nSPS) is 18.7. The van der Waals surface area contributed by atoms with Crippen molar-refractivity contribution in [3.8, 4) is 11.3 Å². The number of sulfonamides is 1. The predicted molar refractivity (Wildman–Crippen MR) is 105 cm³/mol. The van der Waals surface area contributed by atoms with Gasteiger partial charge in [-0.1, -0.05) is 29.8 Å². The van der Waals surface area contributed by atoms with E-state index in [9.17, 15) is 13.2 Å². The minimum atomic E-state index is -3.27. The van der Waals surface area contributed by atoms with E-state index in [1.807, 2.05) is 38.1 Å². The summed E-state index contributed by atoms with van der Waals surface area (Å²) in [5.74, 6) is -0.506. The van der Waals surface area contributed by atoms with E-state index in [2.05, 4.69) is 10.3 Å². The Morgan fingerprint density at radius 3 is 2.62 bits per heavy atom. The van der Waals surface area contributed by atoms with Crippen molar-refractivity contribution in [3.05, 3.63) is 34.7 Å². The van der Waals surface area contributed by atoms with E-state index in [1.165, 1.54) is 27.5 Å². The summed E-state index contributed by atoms with van der Waals surface area (Å²) in [6.45, 7) is 4.73. The highest BCUT2D eigenvalue weighted by atomic mass is 32.2. The van der Waals surface area contributed by atoms with Gasteiger partial charge in [0, 0.05) is 23.5 Å². The summed E-state index contributed by atoms with van der Waals surface area (Å²) in [6, 6.07) is 8.12. The Kier molecular flexibility index (Phi) is 5.45. The van der Waals surface area contributed by atoms with Gasteiger partial charge < -0.3 is 5.32 Å². The number of thiazole rings is 1. The molecule has 3 rings (SSSR count). The molecule has 0 bridgehead atoms. The molecule has 2 aromatic rings. The van der Waals surface area contributed by atoms with Crippen molar-refractivity contribution in [3.63, 3.8) is 0 Å². The van der Waals surface area contributed by atoms with Crippen LogP contribution in [0.25, 0.3) is 11.3 Å². The van der Waals surface area contributed by atoms with Crippen molar-refractivity contribution < 1.29 is 13.2 Å². The molecule has 1 amide bonds. The molecular formula is C18H23N3O3S2. The van der Waals surface area contributed by atoms with E-state index in [4.69, 9.17) is 0 Å². The molecule has 1 fully saturated rings. The van der Waals surface area contributed by atoms with Gasteiger partial charge >= 0.3 is 0 Å². The summed E-state index contributed by atoms with van der Waals surface area (Å²) in [4.78, 5) is 18.2. The Balaban J connectivity index is 1.72. The maximum Gasteiger partial charge on any atom is 0.230 e. The lowest BCUT2D eigenvalue weighted by Crippen LogP contribution is -2.43. The van der Waals surface area contributed by atoms with Crippen molar-refractivity contribution in [1.29, 1.82) is 0 Å². The molecule has 1 aliphatic heterocycles. The lowest BCUT2D eigenvalue weighted by atomic mass is 9.99. The Morgan fingerprint density at radius 2 is 1.96 bits per heavy atom. The SMILES string of the molecule is Cc1ccc(-c2nc(NC(=O)C3CCCN(S(C)(=O)=O)C3)sc2C)cc1. The summed E-state index contributed by atoms with van der Waals surface area (Å²) < 4.78 is 24.8. The standard InChI is InChI=1S/C18H23N3O3S2/c1-12-6-8-14(9-7-12)16-13(2)25-18(19-16)20-17(22)15-5-4-10-21(11-15)26(3,23)24/h6-9,15H,4-5,10-11H2,1-3H3,(H,19,20,22). The first-order valence-electron chi connectivity index (χ1n) is 8.54. The number of piperidine rings is 1. The number of nitrogens with zero attached hydrogens (tertiary/aromatic N) is 2. The number of rotatable bonds is 4. The highest BCUT2D eigenvalue weighted by Crippen LogP contribution is 2.31. The fourth-order valence-electron chi connectivity index (χ4n) is 3.09. The minimum absolute atomic E-state index is 0.164. The zero-order chi connectivity index (χ0) is 18.9. The molecule has 140 valence electrons. The second kappa shape index (κ2) is 7.46. The third-order valence-corrected chi connectivity index (χ3v) is 6.73. The Morgan fingerprint density at radius 1 is 1.27 bits per heavy atom. The van der Waals surface area contributed by atoms with Crippen molar-refractivity contribution >= 4 is 32.4 Å². The molecule has 1 unspecified atom stereocenters. The zero-order valence-electron chi connectivity index (χ0n) is 15.2. The van der Waals surface area contributed by atoms with Crippen LogP contribution in [0, 0.1) is 19.8 Å². The molecule has 1 saturated heterocycles. The summed E-state index contributed by atoms with van der Waals surface area (Å²) in [7, 11) is -3.27. The molecule has 0 saturated carbocycles. The Labute approximate surface area is 158 Å². The van der Waals surface area contributed by atoms with Crippen LogP contribution in [-0.4, -0.2) is 43.0 Å². The molecule has 1 aromatic carbocycles. The maximum atomic E-state index is 12.6. The van der Waals surface area contributed by atoms with Crippen molar-refractivity contribution in [1.82, 2.24) is 9.29 Å². The minimum Gasteiger partial charge on any atom is -0.302 e. The quantitative estimate of drug-likeness (QED) is 0.866. The molecule has 0 spiro atoms. The van der Waals surface area contributed by atoms with Crippen LogP contribution in [0.1, 0.15) is 23.3 Å². The number of hydrogen-bond acceptors (Lipinski definition) is 5. The number of hydrogen-bond donors (Lipinski definition) is 1. The van der Waals surface area contributed by atoms with Gasteiger partial charge in [-0.2, -0.15) is 0 Å². The van der Waals surface area contributed by atoms with Crippen molar-refractivity contribution in [2.24, 2.45) is 5.92 Å². The predicted octanol–water partition coefficient (Wildman–Crippen LogP) is 3.04. The molecule has 0 radical (unpaired) electrons. The average Bonchev–Trinajstić information content (AvgIpc) is 2.95. The third kappa shape index (κ3) is 4.31. The molecule has 1 N–H and O–H groups in total. The van der Waals surface area contributed by atoms with Gasteiger partial charge in [-0.15, -0.1) is 11.3 Å². The third-order valence-electron chi connectivity index (χ3n) is 4.58. The monoisotopic (exact) mass is 393 g/mol. The van der Waals surface area contributed by atoms with Gasteiger partial charge in [0.25, 0.3) is 0 Å². The van der Waals surface area contributed by atoms with Gasteiger partial charge in [0.05, 0.1) is 17.9 Å². The van der Waals surface area contributed by atoms with E-state index < -0.39 is 10.0 Å². The van der Waals surface area contributed by atoms with Gasteiger partial charge in [0.2, 0.25) is 15.9 Å². The van der Waals surface area contributed by atoms with Crippen LogP contribution in [0.3, 0.4) is 0 Å². The molecule has 1 atom stereocenters. The lowest BCUT2D eigenvalue weighted by molar-refractivity contribution is -0.120. The van der Waals surface area contributed by atoms with Crippen LogP contribution in [0.15, 0.2) is 24.3 Å². The Bertz CT molecular complexity index is 904. The van der Waals surface area contributed by atoms with Crippen LogP contribution in [0.4, 0.5) is 5.13 Å². The summed E-state index contributed by atoms with van der Waals surface area (Å²) in [6.07, 6.45) is 2.56. The smallest absolute Gasteiger partial charge is 0.230 e. The summed E-state index contributed by atoms with van der Waals surface area (Å²) >= 11 is 1.44.